The van der Waals surface area contributed by atoms with Gasteiger partial charge in [-0.1, -0.05) is 0 Å². The van der Waals surface area contributed by atoms with Crippen LogP contribution < -0.4 is 21.9 Å². The van der Waals surface area contributed by atoms with Crippen molar-refractivity contribution in [3.05, 3.63) is 62.0 Å². The third-order valence-corrected chi connectivity index (χ3v) is 6.55. The number of halogens is 1. The minimum absolute atomic E-state index is 0.160. The van der Waals surface area contributed by atoms with Gasteiger partial charge in [0, 0.05) is 39.3 Å². The summed E-state index contributed by atoms with van der Waals surface area (Å²) in [6.07, 6.45) is 0.187. The van der Waals surface area contributed by atoms with E-state index in [0.29, 0.717) is 13.1 Å². The summed E-state index contributed by atoms with van der Waals surface area (Å²) in [4.78, 5) is 55.9. The molecule has 1 unspecified atom stereocenters. The van der Waals surface area contributed by atoms with Crippen LogP contribution >= 0.6 is 0 Å². The summed E-state index contributed by atoms with van der Waals surface area (Å²) in [6.45, 7) is 0.705. The number of carbonyl (C=O) groups excluding carboxylic acids is 2. The Hall–Kier alpha value is -3.98. The fraction of sp³-hybridized carbons (Fsp3) is 0.435. The lowest BCUT2D eigenvalue weighted by atomic mass is 10.1. The van der Waals surface area contributed by atoms with Gasteiger partial charge in [0.1, 0.15) is 17.8 Å². The largest absolute Gasteiger partial charge is 0.356 e. The Kier molecular flexibility index (Phi) is 6.45. The van der Waals surface area contributed by atoms with Gasteiger partial charge in [-0.3, -0.25) is 28.5 Å². The number of hydrogen-bond acceptors (Lipinski definition) is 7. The monoisotopic (exact) mass is 483 g/mol. The summed E-state index contributed by atoms with van der Waals surface area (Å²) in [6, 6.07) is 6.00. The lowest BCUT2D eigenvalue weighted by Gasteiger charge is -2.42. The van der Waals surface area contributed by atoms with E-state index < -0.39 is 35.2 Å². The summed E-state index contributed by atoms with van der Waals surface area (Å²) >= 11 is 0. The lowest BCUT2D eigenvalue weighted by molar-refractivity contribution is -0.133. The van der Waals surface area contributed by atoms with Crippen molar-refractivity contribution in [1.82, 2.24) is 18.9 Å². The van der Waals surface area contributed by atoms with Crippen LogP contribution in [-0.4, -0.2) is 57.1 Å². The SMILES string of the molecule is CN1C(=O)CC(n2c(N3CCC[C@@H](N)C3)cc(=O)n(C)c2=O)N(Cc2cc(F)ccc2C#N)C1=O. The Morgan fingerprint density at radius 1 is 1.17 bits per heavy atom. The van der Waals surface area contributed by atoms with E-state index in [4.69, 9.17) is 5.73 Å². The summed E-state index contributed by atoms with van der Waals surface area (Å²) in [5.74, 6) is -0.849. The molecule has 0 saturated carbocycles. The normalized spacial score (nSPS) is 20.8. The molecule has 2 aliphatic heterocycles. The second-order valence-corrected chi connectivity index (χ2v) is 8.86. The number of benzene rings is 1. The number of urea groups is 1. The van der Waals surface area contributed by atoms with E-state index in [2.05, 4.69) is 0 Å². The van der Waals surface area contributed by atoms with E-state index in [1.165, 1.54) is 35.7 Å². The van der Waals surface area contributed by atoms with Crippen LogP contribution in [-0.2, 0) is 18.4 Å². The summed E-state index contributed by atoms with van der Waals surface area (Å²) in [5.41, 5.74) is 5.29. The highest BCUT2D eigenvalue weighted by atomic mass is 19.1. The maximum Gasteiger partial charge on any atom is 0.334 e. The first-order valence-electron chi connectivity index (χ1n) is 11.2. The van der Waals surface area contributed by atoms with Crippen molar-refractivity contribution < 1.29 is 14.0 Å². The molecule has 2 atom stereocenters. The number of nitriles is 1. The van der Waals surface area contributed by atoms with E-state index in [1.807, 2.05) is 11.0 Å². The molecular formula is C23H26FN7O4. The molecule has 3 amide bonds. The predicted molar refractivity (Wildman–Crippen MR) is 124 cm³/mol. The highest BCUT2D eigenvalue weighted by Gasteiger charge is 2.40. The first-order chi connectivity index (χ1) is 16.6. The second kappa shape index (κ2) is 9.34. The third kappa shape index (κ3) is 4.42. The molecule has 2 saturated heterocycles. The van der Waals surface area contributed by atoms with E-state index in [9.17, 15) is 28.8 Å². The Morgan fingerprint density at radius 2 is 1.91 bits per heavy atom. The molecule has 1 aromatic heterocycles. The molecule has 4 rings (SSSR count). The predicted octanol–water partition coefficient (Wildman–Crippen LogP) is 0.468. The molecule has 2 aromatic rings. The minimum Gasteiger partial charge on any atom is -0.356 e. The van der Waals surface area contributed by atoms with Crippen LogP contribution in [0.25, 0.3) is 0 Å². The minimum atomic E-state index is -1.10. The molecule has 2 fully saturated rings. The molecule has 3 heterocycles. The molecule has 2 N–H and O–H groups in total. The zero-order valence-electron chi connectivity index (χ0n) is 19.5. The molecule has 35 heavy (non-hydrogen) atoms. The number of nitrogens with zero attached hydrogens (tertiary/aromatic N) is 6. The van der Waals surface area contributed by atoms with Crippen molar-refractivity contribution in [3.8, 4) is 6.07 Å². The van der Waals surface area contributed by atoms with Crippen molar-refractivity contribution in [2.45, 2.75) is 38.0 Å². The van der Waals surface area contributed by atoms with E-state index in [0.717, 1.165) is 34.4 Å². The Balaban J connectivity index is 1.88. The van der Waals surface area contributed by atoms with Gasteiger partial charge in [0.15, 0.2) is 0 Å². The highest BCUT2D eigenvalue weighted by molar-refractivity contribution is 5.96. The van der Waals surface area contributed by atoms with Gasteiger partial charge in [0.05, 0.1) is 24.6 Å². The molecule has 11 nitrogen and oxygen atoms in total. The average Bonchev–Trinajstić information content (AvgIpc) is 2.83. The number of amides is 3. The van der Waals surface area contributed by atoms with Gasteiger partial charge in [-0.25, -0.2) is 14.0 Å². The van der Waals surface area contributed by atoms with Gasteiger partial charge >= 0.3 is 11.7 Å². The molecular weight excluding hydrogens is 457 g/mol. The number of imide groups is 1. The summed E-state index contributed by atoms with van der Waals surface area (Å²) < 4.78 is 16.2. The number of rotatable bonds is 4. The van der Waals surface area contributed by atoms with Gasteiger partial charge in [-0.15, -0.1) is 0 Å². The Morgan fingerprint density at radius 3 is 2.60 bits per heavy atom. The summed E-state index contributed by atoms with van der Waals surface area (Å²) in [7, 11) is 2.63. The van der Waals surface area contributed by atoms with Crippen LogP contribution in [0.2, 0.25) is 0 Å². The maximum atomic E-state index is 14.0. The molecule has 0 radical (unpaired) electrons. The first kappa shape index (κ1) is 24.2. The molecule has 2 aliphatic rings. The molecule has 184 valence electrons. The highest BCUT2D eigenvalue weighted by Crippen LogP contribution is 2.31. The topological polar surface area (TPSA) is 138 Å². The van der Waals surface area contributed by atoms with Crippen molar-refractivity contribution in [1.29, 1.82) is 5.26 Å². The van der Waals surface area contributed by atoms with Crippen molar-refractivity contribution in [2.75, 3.05) is 25.0 Å². The quantitative estimate of drug-likeness (QED) is 0.667. The number of nitrogens with two attached hydrogens (primary N) is 1. The molecule has 12 heteroatoms. The number of carbonyl (C=O) groups is 2. The second-order valence-electron chi connectivity index (χ2n) is 8.86. The Labute approximate surface area is 200 Å². The maximum absolute atomic E-state index is 14.0. The molecule has 0 bridgehead atoms. The van der Waals surface area contributed by atoms with Gasteiger partial charge in [0.25, 0.3) is 5.56 Å². The standard InChI is InChI=1S/C23H26FN7O4/c1-27-21(33)10-19(30(22(27)34)12-15-8-16(24)6-5-14(15)11-25)31-18(9-20(32)28(2)23(31)35)29-7-3-4-17(26)13-29/h5-6,8-9,17,19H,3-4,7,10,12-13,26H2,1-2H3/t17-,19?/m1/s1. The smallest absolute Gasteiger partial charge is 0.334 e. The Bertz CT molecular complexity index is 1340. The van der Waals surface area contributed by atoms with Gasteiger partial charge in [0.2, 0.25) is 5.91 Å². The fourth-order valence-corrected chi connectivity index (χ4v) is 4.59. The van der Waals surface area contributed by atoms with Gasteiger partial charge in [-0.2, -0.15) is 5.26 Å². The van der Waals surface area contributed by atoms with E-state index >= 15 is 0 Å². The van der Waals surface area contributed by atoms with Crippen LogP contribution in [0.5, 0.6) is 0 Å². The molecule has 1 aromatic carbocycles. The van der Waals surface area contributed by atoms with Crippen LogP contribution in [0.15, 0.2) is 33.9 Å². The fourth-order valence-electron chi connectivity index (χ4n) is 4.59. The number of piperidine rings is 1. The number of aromatic nitrogens is 2. The van der Waals surface area contributed by atoms with Crippen LogP contribution in [0, 0.1) is 17.1 Å². The van der Waals surface area contributed by atoms with Crippen LogP contribution in [0.1, 0.15) is 36.6 Å². The molecule has 0 spiro atoms. The summed E-state index contributed by atoms with van der Waals surface area (Å²) in [5, 5.41) is 9.48. The van der Waals surface area contributed by atoms with E-state index in [-0.39, 0.29) is 36.0 Å². The van der Waals surface area contributed by atoms with E-state index in [1.54, 1.807) is 0 Å². The zero-order valence-corrected chi connectivity index (χ0v) is 19.5. The van der Waals surface area contributed by atoms with Gasteiger partial charge < -0.3 is 10.6 Å². The van der Waals surface area contributed by atoms with Crippen LogP contribution in [0.4, 0.5) is 15.0 Å². The van der Waals surface area contributed by atoms with Crippen LogP contribution in [0.3, 0.4) is 0 Å². The van der Waals surface area contributed by atoms with Gasteiger partial charge in [-0.05, 0) is 36.6 Å². The average molecular weight is 484 g/mol. The van der Waals surface area contributed by atoms with Crippen molar-refractivity contribution >= 4 is 17.8 Å². The number of anilines is 1. The lowest BCUT2D eigenvalue weighted by Crippen LogP contribution is -2.57. The molecule has 0 aliphatic carbocycles. The van der Waals surface area contributed by atoms with Crippen molar-refractivity contribution in [3.63, 3.8) is 0 Å². The number of hydrogen-bond donors (Lipinski definition) is 1. The third-order valence-electron chi connectivity index (χ3n) is 6.55. The van der Waals surface area contributed by atoms with Crippen molar-refractivity contribution in [2.24, 2.45) is 12.8 Å². The first-order valence-corrected chi connectivity index (χ1v) is 11.2. The zero-order chi connectivity index (χ0) is 25.4.